The minimum absolute atomic E-state index is 0.121. The van der Waals surface area contributed by atoms with Crippen LogP contribution in [0.4, 0.5) is 0 Å². The lowest BCUT2D eigenvalue weighted by Gasteiger charge is -2.34. The molecule has 1 amide bonds. The van der Waals surface area contributed by atoms with E-state index in [-0.39, 0.29) is 23.1 Å². The van der Waals surface area contributed by atoms with Crippen LogP contribution in [-0.4, -0.2) is 33.8 Å². The molecule has 0 saturated carbocycles. The maximum atomic E-state index is 12.7. The zero-order valence-electron chi connectivity index (χ0n) is 11.7. The number of carbonyl (C=O) groups is 1. The Labute approximate surface area is 126 Å². The van der Waals surface area contributed by atoms with Crippen molar-refractivity contribution in [2.24, 2.45) is 0 Å². The number of hydrogen-bond acceptors (Lipinski definition) is 4. The van der Waals surface area contributed by atoms with Crippen LogP contribution < -0.4 is 5.56 Å². The lowest BCUT2D eigenvalue weighted by Crippen LogP contribution is -2.42. The molecule has 5 nitrogen and oxygen atoms in total. The van der Waals surface area contributed by atoms with Gasteiger partial charge in [-0.25, -0.2) is 0 Å². The zero-order chi connectivity index (χ0) is 14.8. The van der Waals surface area contributed by atoms with Crippen molar-refractivity contribution < 1.29 is 9.21 Å². The van der Waals surface area contributed by atoms with Crippen molar-refractivity contribution in [1.82, 2.24) is 9.88 Å². The number of H-pyrrole nitrogens is 1. The standard InChI is InChI=1S/C15H16N2O3S/c1-10-4-5-13(20-10)12-9-21-8-7-17(12)15(19)11-3-2-6-16-14(11)18/h2-6,12H,7-9H2,1H3,(H,16,18)/t12-/m1/s1. The van der Waals surface area contributed by atoms with Gasteiger partial charge >= 0.3 is 0 Å². The smallest absolute Gasteiger partial charge is 0.260 e. The van der Waals surface area contributed by atoms with E-state index < -0.39 is 0 Å². The van der Waals surface area contributed by atoms with Gasteiger partial charge in [0.05, 0.1) is 6.04 Å². The summed E-state index contributed by atoms with van der Waals surface area (Å²) in [6, 6.07) is 6.91. The van der Waals surface area contributed by atoms with Crippen molar-refractivity contribution >= 4 is 17.7 Å². The minimum Gasteiger partial charge on any atom is -0.464 e. The Morgan fingerprint density at radius 2 is 2.29 bits per heavy atom. The van der Waals surface area contributed by atoms with E-state index in [9.17, 15) is 9.59 Å². The second-order valence-electron chi connectivity index (χ2n) is 4.95. The van der Waals surface area contributed by atoms with E-state index in [0.717, 1.165) is 23.0 Å². The van der Waals surface area contributed by atoms with Gasteiger partial charge < -0.3 is 14.3 Å². The van der Waals surface area contributed by atoms with Gasteiger partial charge in [0, 0.05) is 24.2 Å². The largest absolute Gasteiger partial charge is 0.464 e. The maximum Gasteiger partial charge on any atom is 0.260 e. The minimum atomic E-state index is -0.352. The topological polar surface area (TPSA) is 66.3 Å². The molecule has 0 spiro atoms. The Bertz CT molecular complexity index is 707. The van der Waals surface area contributed by atoms with Crippen LogP contribution in [-0.2, 0) is 0 Å². The SMILES string of the molecule is Cc1ccc([C@H]2CSCCN2C(=O)c2ccc[nH]c2=O)o1. The number of aromatic amines is 1. The molecule has 0 unspecified atom stereocenters. The van der Waals surface area contributed by atoms with Crippen molar-refractivity contribution in [2.75, 3.05) is 18.1 Å². The van der Waals surface area contributed by atoms with E-state index in [2.05, 4.69) is 4.98 Å². The Morgan fingerprint density at radius 3 is 3.00 bits per heavy atom. The quantitative estimate of drug-likeness (QED) is 0.923. The van der Waals surface area contributed by atoms with Crippen LogP contribution >= 0.6 is 11.8 Å². The number of aromatic nitrogens is 1. The van der Waals surface area contributed by atoms with Crippen molar-refractivity contribution in [3.8, 4) is 0 Å². The van der Waals surface area contributed by atoms with Crippen LogP contribution in [0, 0.1) is 6.92 Å². The van der Waals surface area contributed by atoms with Crippen LogP contribution in [0.1, 0.15) is 27.9 Å². The van der Waals surface area contributed by atoms with Crippen LogP contribution in [0.5, 0.6) is 0 Å². The van der Waals surface area contributed by atoms with E-state index >= 15 is 0 Å². The number of thioether (sulfide) groups is 1. The molecule has 1 saturated heterocycles. The van der Waals surface area contributed by atoms with E-state index in [4.69, 9.17) is 4.42 Å². The van der Waals surface area contributed by atoms with Gasteiger partial charge in [0.25, 0.3) is 11.5 Å². The molecular formula is C15H16N2O3S. The van der Waals surface area contributed by atoms with Crippen LogP contribution in [0.25, 0.3) is 0 Å². The molecule has 1 atom stereocenters. The fraction of sp³-hybridized carbons (Fsp3) is 0.333. The molecule has 1 N–H and O–H groups in total. The van der Waals surface area contributed by atoms with Gasteiger partial charge in [-0.15, -0.1) is 0 Å². The molecule has 110 valence electrons. The van der Waals surface area contributed by atoms with Gasteiger partial charge in [0.15, 0.2) is 0 Å². The highest BCUT2D eigenvalue weighted by atomic mass is 32.2. The average molecular weight is 304 g/mol. The molecule has 3 rings (SSSR count). The van der Waals surface area contributed by atoms with Gasteiger partial charge in [0.1, 0.15) is 17.1 Å². The van der Waals surface area contributed by atoms with Gasteiger partial charge in [-0.3, -0.25) is 9.59 Å². The van der Waals surface area contributed by atoms with Crippen LogP contribution in [0.3, 0.4) is 0 Å². The van der Waals surface area contributed by atoms with Gasteiger partial charge in [-0.1, -0.05) is 0 Å². The highest BCUT2D eigenvalue weighted by molar-refractivity contribution is 7.99. The first-order valence-electron chi connectivity index (χ1n) is 6.79. The fourth-order valence-corrected chi connectivity index (χ4v) is 3.52. The molecule has 1 aliphatic rings. The molecule has 2 aromatic heterocycles. The van der Waals surface area contributed by atoms with Gasteiger partial charge in [0.2, 0.25) is 0 Å². The fourth-order valence-electron chi connectivity index (χ4n) is 2.46. The van der Waals surface area contributed by atoms with Crippen LogP contribution in [0.2, 0.25) is 0 Å². The monoisotopic (exact) mass is 304 g/mol. The Morgan fingerprint density at radius 1 is 1.43 bits per heavy atom. The summed E-state index contributed by atoms with van der Waals surface area (Å²) in [6.45, 7) is 2.50. The summed E-state index contributed by atoms with van der Waals surface area (Å²) in [5.41, 5.74) is -0.173. The van der Waals surface area contributed by atoms with Crippen LogP contribution in [0.15, 0.2) is 39.7 Å². The van der Waals surface area contributed by atoms with Gasteiger partial charge in [-0.05, 0) is 31.2 Å². The lowest BCUT2D eigenvalue weighted by atomic mass is 10.1. The summed E-state index contributed by atoms with van der Waals surface area (Å²) in [4.78, 5) is 28.8. The Balaban J connectivity index is 1.93. The number of nitrogens with one attached hydrogen (secondary N) is 1. The predicted molar refractivity (Wildman–Crippen MR) is 81.6 cm³/mol. The average Bonchev–Trinajstić information content (AvgIpc) is 2.93. The van der Waals surface area contributed by atoms with Gasteiger partial charge in [-0.2, -0.15) is 11.8 Å². The molecule has 0 aliphatic carbocycles. The molecule has 2 aromatic rings. The summed E-state index contributed by atoms with van der Waals surface area (Å²) in [6.07, 6.45) is 1.53. The summed E-state index contributed by atoms with van der Waals surface area (Å²) in [5.74, 6) is 3.01. The molecule has 0 radical (unpaired) electrons. The first kappa shape index (κ1) is 14.0. The molecule has 3 heterocycles. The summed E-state index contributed by atoms with van der Waals surface area (Å²) in [5, 5.41) is 0. The number of rotatable bonds is 2. The van der Waals surface area contributed by atoms with E-state index in [1.54, 1.807) is 28.8 Å². The van der Waals surface area contributed by atoms with E-state index in [1.165, 1.54) is 6.20 Å². The van der Waals surface area contributed by atoms with E-state index in [0.29, 0.717) is 6.54 Å². The summed E-state index contributed by atoms with van der Waals surface area (Å²) in [7, 11) is 0. The zero-order valence-corrected chi connectivity index (χ0v) is 12.5. The second kappa shape index (κ2) is 5.81. The summed E-state index contributed by atoms with van der Waals surface area (Å²) >= 11 is 1.79. The first-order valence-corrected chi connectivity index (χ1v) is 7.95. The first-order chi connectivity index (χ1) is 10.2. The number of aryl methyl sites for hydroxylation is 1. The number of hydrogen-bond donors (Lipinski definition) is 1. The third kappa shape index (κ3) is 2.76. The van der Waals surface area contributed by atoms with E-state index in [1.807, 2.05) is 19.1 Å². The number of carbonyl (C=O) groups excluding carboxylic acids is 1. The Hall–Kier alpha value is -1.95. The molecule has 0 bridgehead atoms. The second-order valence-corrected chi connectivity index (χ2v) is 6.10. The number of pyridine rings is 1. The van der Waals surface area contributed by atoms with Crippen molar-refractivity contribution in [2.45, 2.75) is 13.0 Å². The number of amides is 1. The Kier molecular flexibility index (Phi) is 3.88. The molecule has 21 heavy (non-hydrogen) atoms. The van der Waals surface area contributed by atoms with Crippen molar-refractivity contribution in [1.29, 1.82) is 0 Å². The highest BCUT2D eigenvalue weighted by Gasteiger charge is 2.31. The number of nitrogens with zero attached hydrogens (tertiary/aromatic N) is 1. The molecule has 1 fully saturated rings. The summed E-state index contributed by atoms with van der Waals surface area (Å²) < 4.78 is 5.68. The lowest BCUT2D eigenvalue weighted by molar-refractivity contribution is 0.0679. The number of furan rings is 1. The molecule has 1 aliphatic heterocycles. The molecular weight excluding hydrogens is 288 g/mol. The highest BCUT2D eigenvalue weighted by Crippen LogP contribution is 2.31. The predicted octanol–water partition coefficient (Wildman–Crippen LogP) is 2.21. The molecule has 0 aromatic carbocycles. The normalized spacial score (nSPS) is 18.7. The third-order valence-electron chi connectivity index (χ3n) is 3.53. The maximum absolute atomic E-state index is 12.7. The third-order valence-corrected chi connectivity index (χ3v) is 4.55. The van der Waals surface area contributed by atoms with Crippen molar-refractivity contribution in [3.05, 3.63) is 57.9 Å². The van der Waals surface area contributed by atoms with Crippen molar-refractivity contribution in [3.63, 3.8) is 0 Å². The molecule has 6 heteroatoms.